The van der Waals surface area contributed by atoms with Gasteiger partial charge in [0, 0.05) is 27.8 Å². The van der Waals surface area contributed by atoms with E-state index in [4.69, 9.17) is 0 Å². The Labute approximate surface area is 350 Å². The van der Waals surface area contributed by atoms with E-state index in [2.05, 4.69) is 202 Å². The van der Waals surface area contributed by atoms with Crippen molar-refractivity contribution >= 4 is 27.8 Å². The third-order valence-corrected chi connectivity index (χ3v) is 14.3. The van der Waals surface area contributed by atoms with Gasteiger partial charge in [-0.05, 0) is 139 Å². The highest BCUT2D eigenvalue weighted by molar-refractivity contribution is 6.00. The lowest BCUT2D eigenvalue weighted by Gasteiger charge is -2.30. The lowest BCUT2D eigenvalue weighted by molar-refractivity contribution is 0.443. The summed E-state index contributed by atoms with van der Waals surface area (Å²) in [6.07, 6.45) is 6.75. The molecule has 0 N–H and O–H groups in total. The molecule has 0 spiro atoms. The van der Waals surface area contributed by atoms with E-state index in [-0.39, 0.29) is 10.8 Å². The molecule has 0 amide bonds. The van der Waals surface area contributed by atoms with Crippen LogP contribution in [-0.2, 0) is 10.8 Å². The molecule has 3 aliphatic rings. The molecule has 1 heteroatoms. The summed E-state index contributed by atoms with van der Waals surface area (Å²) in [5.74, 6) is 0.710. The molecule has 59 heavy (non-hydrogen) atoms. The highest BCUT2D eigenvalue weighted by atomic mass is 15.1. The molecule has 1 nitrogen and oxygen atoms in total. The summed E-state index contributed by atoms with van der Waals surface area (Å²) in [7, 11) is 0. The van der Waals surface area contributed by atoms with Crippen LogP contribution in [0.3, 0.4) is 0 Å². The van der Waals surface area contributed by atoms with Gasteiger partial charge in [-0.2, -0.15) is 0 Å². The van der Waals surface area contributed by atoms with Gasteiger partial charge in [0.2, 0.25) is 0 Å². The maximum Gasteiger partial charge on any atom is 0.0546 e. The maximum atomic E-state index is 2.51. The molecule has 0 atom stereocenters. The van der Waals surface area contributed by atoms with Crippen molar-refractivity contribution in [2.75, 3.05) is 4.90 Å². The second-order valence-corrected chi connectivity index (χ2v) is 18.4. The average molecular weight is 762 g/mol. The number of hydrogen-bond acceptors (Lipinski definition) is 1. The highest BCUT2D eigenvalue weighted by Crippen LogP contribution is 2.53. The normalized spacial score (nSPS) is 16.0. The number of nitrogens with zero attached hydrogens (tertiary/aromatic N) is 1. The van der Waals surface area contributed by atoms with Gasteiger partial charge < -0.3 is 4.90 Å². The monoisotopic (exact) mass is 761 g/mol. The number of benzene rings is 8. The van der Waals surface area contributed by atoms with Crippen molar-refractivity contribution < 1.29 is 0 Å². The zero-order valence-corrected chi connectivity index (χ0v) is 34.7. The molecule has 8 aromatic rings. The summed E-state index contributed by atoms with van der Waals surface area (Å²) in [6, 6.07) is 64.7. The number of hydrogen-bond donors (Lipinski definition) is 0. The van der Waals surface area contributed by atoms with Crippen LogP contribution in [0.5, 0.6) is 0 Å². The molecule has 0 aliphatic heterocycles. The van der Waals surface area contributed by atoms with Crippen molar-refractivity contribution in [1.82, 2.24) is 0 Å². The molecular formula is C58H51N. The zero-order chi connectivity index (χ0) is 39.9. The minimum atomic E-state index is -0.0940. The molecule has 0 saturated heterocycles. The molecule has 1 fully saturated rings. The van der Waals surface area contributed by atoms with E-state index in [1.54, 1.807) is 0 Å². The molecule has 8 aromatic carbocycles. The first-order valence-corrected chi connectivity index (χ1v) is 21.8. The Kier molecular flexibility index (Phi) is 8.35. The fraction of sp³-hybridized carbons (Fsp3) is 0.207. The van der Waals surface area contributed by atoms with Gasteiger partial charge >= 0.3 is 0 Å². The fourth-order valence-electron chi connectivity index (χ4n) is 11.0. The van der Waals surface area contributed by atoms with Crippen LogP contribution in [0.2, 0.25) is 0 Å². The molecule has 0 bridgehead atoms. The first-order chi connectivity index (χ1) is 28.8. The standard InChI is InChI=1S/C58H51N/c1-57(2)53-21-13-11-19-48(53)51-37-46(31-33-54(51)57)59(45-29-26-41(27-30-45)40-24-22-39(23-25-40)38-14-6-5-7-15-38)56-36-43-17-9-8-16-42(43)34-50(56)44-28-32-49-47-18-10-12-20-52(47)58(3,4)55(49)35-44/h8-13,16-38H,5-7,14-15H2,1-4H3. The van der Waals surface area contributed by atoms with E-state index in [1.165, 1.54) is 121 Å². The number of fused-ring (bicyclic) bond motifs is 7. The molecule has 11 rings (SSSR count). The van der Waals surface area contributed by atoms with Gasteiger partial charge in [0.05, 0.1) is 5.69 Å². The van der Waals surface area contributed by atoms with Crippen LogP contribution < -0.4 is 4.90 Å². The molecule has 288 valence electrons. The zero-order valence-electron chi connectivity index (χ0n) is 34.7. The molecule has 0 radical (unpaired) electrons. The van der Waals surface area contributed by atoms with Crippen molar-refractivity contribution in [3.05, 3.63) is 198 Å². The van der Waals surface area contributed by atoms with E-state index in [0.717, 1.165) is 11.4 Å². The van der Waals surface area contributed by atoms with E-state index < -0.39 is 0 Å². The lowest BCUT2D eigenvalue weighted by atomic mass is 9.81. The van der Waals surface area contributed by atoms with Crippen LogP contribution in [0.4, 0.5) is 17.1 Å². The van der Waals surface area contributed by atoms with Crippen LogP contribution >= 0.6 is 0 Å². The van der Waals surface area contributed by atoms with Crippen molar-refractivity contribution in [3.63, 3.8) is 0 Å². The van der Waals surface area contributed by atoms with Crippen LogP contribution in [0, 0.1) is 0 Å². The SMILES string of the molecule is CC1(C)c2ccccc2-c2cc(N(c3ccc(-c4ccc(C5CCCCC5)cc4)cc3)c3cc4ccccc4cc3-c3ccc4c(c3)C(C)(C)c3ccccc3-4)ccc21. The van der Waals surface area contributed by atoms with E-state index >= 15 is 0 Å². The summed E-state index contributed by atoms with van der Waals surface area (Å²) in [4.78, 5) is 2.51. The molecule has 0 aromatic heterocycles. The minimum absolute atomic E-state index is 0.0631. The predicted molar refractivity (Wildman–Crippen MR) is 250 cm³/mol. The van der Waals surface area contributed by atoms with Gasteiger partial charge in [-0.3, -0.25) is 0 Å². The van der Waals surface area contributed by atoms with Gasteiger partial charge in [0.15, 0.2) is 0 Å². The Morgan fingerprint density at radius 2 is 0.915 bits per heavy atom. The van der Waals surface area contributed by atoms with Crippen molar-refractivity contribution in [2.24, 2.45) is 0 Å². The summed E-state index contributed by atoms with van der Waals surface area (Å²) in [5.41, 5.74) is 20.7. The number of anilines is 3. The van der Waals surface area contributed by atoms with Crippen molar-refractivity contribution in [2.45, 2.75) is 76.5 Å². The third-order valence-electron chi connectivity index (χ3n) is 14.3. The Balaban J connectivity index is 1.09. The molecule has 0 heterocycles. The van der Waals surface area contributed by atoms with E-state index in [1.807, 2.05) is 0 Å². The Morgan fingerprint density at radius 1 is 0.390 bits per heavy atom. The van der Waals surface area contributed by atoms with Gasteiger partial charge in [-0.15, -0.1) is 0 Å². The molecule has 3 aliphatic carbocycles. The molecular weight excluding hydrogens is 711 g/mol. The van der Waals surface area contributed by atoms with Gasteiger partial charge in [0.1, 0.15) is 0 Å². The summed E-state index contributed by atoms with van der Waals surface area (Å²) in [5, 5.41) is 2.47. The Hall–Kier alpha value is -6.18. The summed E-state index contributed by atoms with van der Waals surface area (Å²) in [6.45, 7) is 9.49. The first kappa shape index (κ1) is 35.9. The first-order valence-electron chi connectivity index (χ1n) is 21.8. The van der Waals surface area contributed by atoms with Crippen LogP contribution in [0.25, 0.3) is 55.3 Å². The lowest BCUT2D eigenvalue weighted by Crippen LogP contribution is -2.16. The largest absolute Gasteiger partial charge is 0.310 e. The second-order valence-electron chi connectivity index (χ2n) is 18.4. The third kappa shape index (κ3) is 5.81. The van der Waals surface area contributed by atoms with E-state index in [0.29, 0.717) is 5.92 Å². The Morgan fingerprint density at radius 3 is 1.61 bits per heavy atom. The Bertz CT molecular complexity index is 2900. The predicted octanol–water partition coefficient (Wildman–Crippen LogP) is 16.3. The van der Waals surface area contributed by atoms with Gasteiger partial charge in [-0.25, -0.2) is 0 Å². The van der Waals surface area contributed by atoms with Crippen molar-refractivity contribution in [1.29, 1.82) is 0 Å². The quantitative estimate of drug-likeness (QED) is 0.163. The van der Waals surface area contributed by atoms with E-state index in [9.17, 15) is 0 Å². The second kappa shape index (κ2) is 13.7. The fourth-order valence-corrected chi connectivity index (χ4v) is 11.0. The smallest absolute Gasteiger partial charge is 0.0546 e. The average Bonchev–Trinajstić information content (AvgIpc) is 3.65. The minimum Gasteiger partial charge on any atom is -0.310 e. The van der Waals surface area contributed by atoms with Crippen LogP contribution in [0.15, 0.2) is 170 Å². The van der Waals surface area contributed by atoms with Crippen LogP contribution in [-0.4, -0.2) is 0 Å². The summed E-state index contributed by atoms with van der Waals surface area (Å²) < 4.78 is 0. The van der Waals surface area contributed by atoms with Gasteiger partial charge in [-0.1, -0.05) is 174 Å². The van der Waals surface area contributed by atoms with Crippen molar-refractivity contribution in [3.8, 4) is 44.5 Å². The maximum absolute atomic E-state index is 2.51. The topological polar surface area (TPSA) is 3.24 Å². The summed E-state index contributed by atoms with van der Waals surface area (Å²) >= 11 is 0. The highest BCUT2D eigenvalue weighted by Gasteiger charge is 2.37. The van der Waals surface area contributed by atoms with Gasteiger partial charge in [0.25, 0.3) is 0 Å². The number of rotatable bonds is 6. The molecule has 1 saturated carbocycles. The van der Waals surface area contributed by atoms with Crippen LogP contribution in [0.1, 0.15) is 93.5 Å². The molecule has 0 unspecified atom stereocenters.